The van der Waals surface area contributed by atoms with Crippen LogP contribution in [0.4, 0.5) is 16.2 Å². The van der Waals surface area contributed by atoms with E-state index in [2.05, 4.69) is 4.98 Å². The summed E-state index contributed by atoms with van der Waals surface area (Å²) in [5, 5.41) is 1.02. The van der Waals surface area contributed by atoms with Crippen molar-refractivity contribution in [3.8, 4) is 5.75 Å². The van der Waals surface area contributed by atoms with Crippen molar-refractivity contribution in [2.24, 2.45) is 10.9 Å². The third-order valence-electron chi connectivity index (χ3n) is 7.60. The van der Waals surface area contributed by atoms with Crippen LogP contribution in [0.5, 0.6) is 5.75 Å². The Kier molecular flexibility index (Phi) is 7.57. The van der Waals surface area contributed by atoms with Crippen LogP contribution >= 0.6 is 0 Å². The fourth-order valence-corrected chi connectivity index (χ4v) is 5.38. The zero-order valence-electron chi connectivity index (χ0n) is 23.9. The summed E-state index contributed by atoms with van der Waals surface area (Å²) >= 11 is 0. The topological polar surface area (TPSA) is 95.1 Å². The lowest BCUT2D eigenvalue weighted by atomic mass is 9.91. The van der Waals surface area contributed by atoms with Gasteiger partial charge in [-0.2, -0.15) is 0 Å². The molecule has 214 valence electrons. The highest BCUT2D eigenvalue weighted by atomic mass is 16.5. The molecule has 0 saturated carbocycles. The number of aliphatic imine (C=N–C) groups is 1. The third-order valence-corrected chi connectivity index (χ3v) is 7.60. The summed E-state index contributed by atoms with van der Waals surface area (Å²) in [6.45, 7) is 2.28. The number of imide groups is 2. The van der Waals surface area contributed by atoms with Gasteiger partial charge < -0.3 is 9.72 Å². The molecule has 0 bridgehead atoms. The second-order valence-corrected chi connectivity index (χ2v) is 10.3. The fraction of sp³-hybridized carbons (Fsp3) is 0.143. The zero-order chi connectivity index (χ0) is 29.9. The van der Waals surface area contributed by atoms with Gasteiger partial charge in [-0.15, -0.1) is 0 Å². The van der Waals surface area contributed by atoms with E-state index in [1.807, 2.05) is 55.6 Å². The molecule has 0 unspecified atom stereocenters. The Morgan fingerprint density at radius 1 is 0.814 bits per heavy atom. The van der Waals surface area contributed by atoms with Gasteiger partial charge in [-0.05, 0) is 66.9 Å². The molecule has 0 spiro atoms. The number of carbonyl (C=O) groups excluding carboxylic acids is 3. The number of aromatic amines is 1. The quantitative estimate of drug-likeness (QED) is 0.174. The number of ether oxygens (including phenoxy) is 1. The van der Waals surface area contributed by atoms with E-state index in [1.165, 1.54) is 0 Å². The largest absolute Gasteiger partial charge is 0.497 e. The number of amides is 4. The van der Waals surface area contributed by atoms with Crippen LogP contribution in [0.15, 0.2) is 114 Å². The first-order chi connectivity index (χ1) is 21.0. The van der Waals surface area contributed by atoms with Gasteiger partial charge >= 0.3 is 6.03 Å². The molecule has 1 N–H and O–H groups in total. The van der Waals surface area contributed by atoms with Gasteiger partial charge in [-0.1, -0.05) is 66.2 Å². The van der Waals surface area contributed by atoms with E-state index in [1.54, 1.807) is 67.8 Å². The molecular weight excluding hydrogens is 540 g/mol. The Hall–Kier alpha value is -5.50. The van der Waals surface area contributed by atoms with Crippen molar-refractivity contribution in [3.63, 3.8) is 0 Å². The van der Waals surface area contributed by atoms with E-state index in [4.69, 9.17) is 9.73 Å². The standard InChI is InChI=1S/C35H30N4O4/c1-23-13-15-24(16-14-23)32(36-20-19-25-22-37-30-18-17-28(43-2)21-29(25)30)31-33(40)38(26-9-5-3-6-10-26)35(42)39(34(31)41)27-11-7-4-8-12-27/h3-18,21-22,31,37H,19-20H2,1-2H3. The average molecular weight is 571 g/mol. The minimum atomic E-state index is -1.33. The van der Waals surface area contributed by atoms with E-state index in [-0.39, 0.29) is 0 Å². The predicted octanol–water partition coefficient (Wildman–Crippen LogP) is 6.33. The maximum absolute atomic E-state index is 14.2. The highest BCUT2D eigenvalue weighted by molar-refractivity contribution is 6.43. The molecule has 5 aromatic rings. The molecular formula is C35H30N4O4. The lowest BCUT2D eigenvalue weighted by Gasteiger charge is -2.37. The molecule has 0 atom stereocenters. The SMILES string of the molecule is COc1ccc2[nH]cc(CCN=C(c3ccc(C)cc3)C3C(=O)N(c4ccccc4)C(=O)N(c4ccccc4)C3=O)c2c1. The summed E-state index contributed by atoms with van der Waals surface area (Å²) in [6.07, 6.45) is 2.50. The molecule has 1 aliphatic rings. The van der Waals surface area contributed by atoms with Crippen LogP contribution < -0.4 is 14.5 Å². The zero-order valence-corrected chi connectivity index (χ0v) is 23.9. The van der Waals surface area contributed by atoms with Crippen LogP contribution in [0.3, 0.4) is 0 Å². The van der Waals surface area contributed by atoms with Crippen LogP contribution in [-0.2, 0) is 16.0 Å². The number of nitrogens with one attached hydrogen (secondary N) is 1. The number of methoxy groups -OCH3 is 1. The number of nitrogens with zero attached hydrogens (tertiary/aromatic N) is 3. The van der Waals surface area contributed by atoms with Crippen LogP contribution in [-0.4, -0.2) is 42.2 Å². The average Bonchev–Trinajstić information content (AvgIpc) is 3.44. The Balaban J connectivity index is 1.43. The van der Waals surface area contributed by atoms with Gasteiger partial charge in [-0.25, -0.2) is 14.6 Å². The van der Waals surface area contributed by atoms with Crippen molar-refractivity contribution in [1.29, 1.82) is 0 Å². The van der Waals surface area contributed by atoms with Crippen molar-refractivity contribution in [3.05, 3.63) is 126 Å². The van der Waals surface area contributed by atoms with E-state index >= 15 is 0 Å². The van der Waals surface area contributed by atoms with Crippen LogP contribution in [0.2, 0.25) is 0 Å². The maximum atomic E-state index is 14.2. The van der Waals surface area contributed by atoms with Crippen LogP contribution in [0.25, 0.3) is 10.9 Å². The molecule has 4 amide bonds. The second-order valence-electron chi connectivity index (χ2n) is 10.3. The molecule has 1 aromatic heterocycles. The van der Waals surface area contributed by atoms with Crippen LogP contribution in [0, 0.1) is 12.8 Å². The second kappa shape index (κ2) is 11.8. The number of hydrogen-bond donors (Lipinski definition) is 1. The highest BCUT2D eigenvalue weighted by Gasteiger charge is 2.49. The molecule has 1 saturated heterocycles. The number of carbonyl (C=O) groups is 3. The summed E-state index contributed by atoms with van der Waals surface area (Å²) in [7, 11) is 1.63. The number of aryl methyl sites for hydroxylation is 1. The first-order valence-corrected chi connectivity index (χ1v) is 14.0. The maximum Gasteiger partial charge on any atom is 0.342 e. The van der Waals surface area contributed by atoms with Crippen LogP contribution in [0.1, 0.15) is 16.7 Å². The lowest BCUT2D eigenvalue weighted by Crippen LogP contribution is -2.62. The molecule has 2 heterocycles. The first kappa shape index (κ1) is 27.7. The number of aromatic nitrogens is 1. The van der Waals surface area contributed by atoms with E-state index in [0.29, 0.717) is 35.6 Å². The molecule has 1 fully saturated rings. The highest BCUT2D eigenvalue weighted by Crippen LogP contribution is 2.31. The van der Waals surface area contributed by atoms with Gasteiger partial charge in [0, 0.05) is 23.6 Å². The molecule has 0 aliphatic carbocycles. The number of rotatable bonds is 8. The minimum Gasteiger partial charge on any atom is -0.497 e. The van der Waals surface area contributed by atoms with Gasteiger partial charge in [0.25, 0.3) is 11.8 Å². The Bertz CT molecular complexity index is 1770. The predicted molar refractivity (Wildman–Crippen MR) is 168 cm³/mol. The Morgan fingerprint density at radius 3 is 2.00 bits per heavy atom. The number of H-pyrrole nitrogens is 1. The summed E-state index contributed by atoms with van der Waals surface area (Å²) in [5.41, 5.74) is 4.78. The summed E-state index contributed by atoms with van der Waals surface area (Å²) < 4.78 is 5.41. The van der Waals surface area contributed by atoms with E-state index in [9.17, 15) is 14.4 Å². The number of urea groups is 1. The van der Waals surface area contributed by atoms with Gasteiger partial charge in [-0.3, -0.25) is 14.6 Å². The Morgan fingerprint density at radius 2 is 1.42 bits per heavy atom. The smallest absolute Gasteiger partial charge is 0.342 e. The molecule has 6 rings (SSSR count). The monoisotopic (exact) mass is 570 g/mol. The summed E-state index contributed by atoms with van der Waals surface area (Å²) in [5.74, 6) is -1.85. The molecule has 8 nitrogen and oxygen atoms in total. The van der Waals surface area contributed by atoms with Gasteiger partial charge in [0.1, 0.15) is 5.75 Å². The normalized spacial score (nSPS) is 14.6. The first-order valence-electron chi connectivity index (χ1n) is 14.0. The number of benzene rings is 4. The van der Waals surface area contributed by atoms with Crippen molar-refractivity contribution in [2.75, 3.05) is 23.5 Å². The van der Waals surface area contributed by atoms with E-state index < -0.39 is 23.8 Å². The lowest BCUT2D eigenvalue weighted by molar-refractivity contribution is -0.129. The Labute approximate surface area is 249 Å². The summed E-state index contributed by atoms with van der Waals surface area (Å²) in [6, 6.07) is 30.0. The fourth-order valence-electron chi connectivity index (χ4n) is 5.38. The number of para-hydroxylation sites is 2. The molecule has 0 radical (unpaired) electrons. The summed E-state index contributed by atoms with van der Waals surface area (Å²) in [4.78, 5) is 52.6. The van der Waals surface area contributed by atoms with Crippen molar-refractivity contribution < 1.29 is 19.1 Å². The van der Waals surface area contributed by atoms with Gasteiger partial charge in [0.2, 0.25) is 0 Å². The van der Waals surface area contributed by atoms with Gasteiger partial charge in [0.15, 0.2) is 5.92 Å². The number of barbiturate groups is 1. The molecule has 1 aliphatic heterocycles. The van der Waals surface area contributed by atoms with Crippen molar-refractivity contribution >= 4 is 45.8 Å². The number of anilines is 2. The third kappa shape index (κ3) is 5.30. The minimum absolute atomic E-state index is 0.315. The van der Waals surface area contributed by atoms with Crippen molar-refractivity contribution in [2.45, 2.75) is 13.3 Å². The van der Waals surface area contributed by atoms with E-state index in [0.717, 1.165) is 37.6 Å². The molecule has 4 aromatic carbocycles. The van der Waals surface area contributed by atoms with Gasteiger partial charge in [0.05, 0.1) is 24.2 Å². The molecule has 43 heavy (non-hydrogen) atoms. The number of hydrogen-bond acceptors (Lipinski definition) is 5. The van der Waals surface area contributed by atoms with Crippen molar-refractivity contribution in [1.82, 2.24) is 4.98 Å². The molecule has 8 heteroatoms. The number of fused-ring (bicyclic) bond motifs is 1.